The molecule has 2 aliphatic rings. The summed E-state index contributed by atoms with van der Waals surface area (Å²) in [5.74, 6) is -0.0380. The molecule has 2 aromatic heterocycles. The molecular weight excluding hydrogens is 965 g/mol. The SMILES string of the molecule is CC(=O)O[C@@H]1[C@H](CSCC[C@H]2O[C@@H](n3cc(C)c(=O)[nH]c3=O)C[C@@H]2O[Si](c2ccccc2)(c2ccccc2)C(C)(C)C)[C@@H](CO[Si](c2ccccc2)(c2ccccc2)C(C)(C)C)O[C@H]1n1ccc(=O)[nH]c1=O. The van der Waals surface area contributed by atoms with Gasteiger partial charge in [-0.2, -0.15) is 11.8 Å². The van der Waals surface area contributed by atoms with Gasteiger partial charge in [-0.3, -0.25) is 33.5 Å². The molecule has 0 saturated carbocycles. The van der Waals surface area contributed by atoms with E-state index in [1.165, 1.54) is 28.3 Å². The van der Waals surface area contributed by atoms with Crippen LogP contribution in [0.4, 0.5) is 0 Å². The maximum Gasteiger partial charge on any atom is 0.330 e. The summed E-state index contributed by atoms with van der Waals surface area (Å²) in [6.45, 7) is 16.4. The number of hydrogen-bond donors (Lipinski definition) is 2. The molecular formula is C55H66N4O10SSi2. The van der Waals surface area contributed by atoms with Gasteiger partial charge in [-0.25, -0.2) is 9.59 Å². The van der Waals surface area contributed by atoms with Crippen molar-refractivity contribution in [2.24, 2.45) is 5.92 Å². The molecule has 2 aliphatic heterocycles. The van der Waals surface area contributed by atoms with Crippen LogP contribution in [0.3, 0.4) is 0 Å². The lowest BCUT2D eigenvalue weighted by molar-refractivity contribution is -0.153. The fourth-order valence-electron chi connectivity index (χ4n) is 10.7. The van der Waals surface area contributed by atoms with Gasteiger partial charge in [-0.05, 0) is 49.9 Å². The third kappa shape index (κ3) is 10.7. The zero-order valence-electron chi connectivity index (χ0n) is 42.2. The average molecular weight is 1030 g/mol. The molecule has 7 atom stereocenters. The number of ether oxygens (including phenoxy) is 3. The second kappa shape index (κ2) is 21.8. The number of benzene rings is 4. The number of rotatable bonds is 17. The largest absolute Gasteiger partial charge is 0.457 e. The summed E-state index contributed by atoms with van der Waals surface area (Å²) in [5, 5.41) is 3.69. The summed E-state index contributed by atoms with van der Waals surface area (Å²) < 4.78 is 37.7. The summed E-state index contributed by atoms with van der Waals surface area (Å²) in [4.78, 5) is 69.5. The van der Waals surface area contributed by atoms with E-state index in [9.17, 15) is 24.0 Å². The summed E-state index contributed by atoms with van der Waals surface area (Å²) in [5.41, 5.74) is -1.88. The lowest BCUT2D eigenvalue weighted by Crippen LogP contribution is -2.68. The third-order valence-electron chi connectivity index (χ3n) is 14.0. The van der Waals surface area contributed by atoms with Crippen LogP contribution in [-0.4, -0.2) is 84.2 Å². The molecule has 0 spiro atoms. The Morgan fingerprint density at radius 2 is 1.21 bits per heavy atom. The van der Waals surface area contributed by atoms with Crippen LogP contribution in [-0.2, 0) is 27.9 Å². The molecule has 380 valence electrons. The molecule has 2 fully saturated rings. The molecule has 4 aromatic carbocycles. The minimum atomic E-state index is -3.12. The normalized spacial score (nSPS) is 21.7. The van der Waals surface area contributed by atoms with Gasteiger partial charge in [-0.15, -0.1) is 0 Å². The zero-order valence-corrected chi connectivity index (χ0v) is 45.1. The van der Waals surface area contributed by atoms with Crippen molar-refractivity contribution in [2.75, 3.05) is 18.1 Å². The molecule has 17 heteroatoms. The molecule has 0 aliphatic carbocycles. The molecule has 4 heterocycles. The Labute approximate surface area is 426 Å². The molecule has 72 heavy (non-hydrogen) atoms. The first-order valence-electron chi connectivity index (χ1n) is 24.6. The van der Waals surface area contributed by atoms with Gasteiger partial charge in [0.1, 0.15) is 6.23 Å². The van der Waals surface area contributed by atoms with E-state index in [4.69, 9.17) is 23.1 Å². The Hall–Kier alpha value is -5.67. The number of H-pyrrole nitrogens is 2. The first kappa shape index (κ1) is 52.7. The fraction of sp³-hybridized carbons (Fsp3) is 0.400. The first-order chi connectivity index (χ1) is 34.3. The highest BCUT2D eigenvalue weighted by atomic mass is 32.2. The van der Waals surface area contributed by atoms with Crippen molar-refractivity contribution < 1.29 is 27.9 Å². The maximum absolute atomic E-state index is 13.5. The molecule has 8 rings (SSSR count). The number of carbonyl (C=O) groups excluding carboxylic acids is 1. The van der Waals surface area contributed by atoms with Crippen molar-refractivity contribution >= 4 is 55.1 Å². The molecule has 6 aromatic rings. The van der Waals surface area contributed by atoms with Crippen molar-refractivity contribution in [2.45, 2.75) is 115 Å². The topological polar surface area (TPSA) is 173 Å². The van der Waals surface area contributed by atoms with Crippen LogP contribution in [0.25, 0.3) is 0 Å². The van der Waals surface area contributed by atoms with Crippen molar-refractivity contribution in [3.8, 4) is 0 Å². The van der Waals surface area contributed by atoms with E-state index in [-0.39, 0.29) is 16.7 Å². The Bertz CT molecular complexity index is 2950. The lowest BCUT2D eigenvalue weighted by atomic mass is 10.0. The second-order valence-electron chi connectivity index (χ2n) is 20.8. The summed E-state index contributed by atoms with van der Waals surface area (Å²) in [6.07, 6.45) is -0.540. The van der Waals surface area contributed by atoms with E-state index >= 15 is 0 Å². The van der Waals surface area contributed by atoms with E-state index in [0.717, 1.165) is 20.7 Å². The van der Waals surface area contributed by atoms with Gasteiger partial charge in [0.2, 0.25) is 0 Å². The average Bonchev–Trinajstić information content (AvgIpc) is 3.90. The van der Waals surface area contributed by atoms with E-state index in [1.54, 1.807) is 24.9 Å². The van der Waals surface area contributed by atoms with Gasteiger partial charge in [0.25, 0.3) is 27.8 Å². The number of aromatic amines is 2. The van der Waals surface area contributed by atoms with Crippen LogP contribution >= 0.6 is 11.8 Å². The summed E-state index contributed by atoms with van der Waals surface area (Å²) in [7, 11) is -6.21. The van der Waals surface area contributed by atoms with Crippen molar-refractivity contribution in [3.05, 3.63) is 187 Å². The molecule has 2 saturated heterocycles. The van der Waals surface area contributed by atoms with Crippen molar-refractivity contribution in [1.82, 2.24) is 19.1 Å². The van der Waals surface area contributed by atoms with E-state index in [1.807, 2.05) is 72.8 Å². The first-order valence-corrected chi connectivity index (χ1v) is 29.5. The number of esters is 1. The second-order valence-corrected chi connectivity index (χ2v) is 30.5. The van der Waals surface area contributed by atoms with Crippen LogP contribution in [0, 0.1) is 12.8 Å². The third-order valence-corrected chi connectivity index (χ3v) is 25.3. The Balaban J connectivity index is 1.13. The predicted molar refractivity (Wildman–Crippen MR) is 287 cm³/mol. The van der Waals surface area contributed by atoms with E-state index in [0.29, 0.717) is 29.9 Å². The van der Waals surface area contributed by atoms with Crippen molar-refractivity contribution in [1.29, 1.82) is 0 Å². The number of nitrogens with zero attached hydrogens (tertiary/aromatic N) is 2. The number of hydrogen-bond acceptors (Lipinski definition) is 11. The predicted octanol–water partition coefficient (Wildman–Crippen LogP) is 5.77. The highest BCUT2D eigenvalue weighted by Gasteiger charge is 2.55. The molecule has 0 radical (unpaired) electrons. The minimum Gasteiger partial charge on any atom is -0.457 e. The monoisotopic (exact) mass is 1030 g/mol. The van der Waals surface area contributed by atoms with Gasteiger partial charge in [0.15, 0.2) is 12.3 Å². The molecule has 0 unspecified atom stereocenters. The van der Waals surface area contributed by atoms with E-state index in [2.05, 4.69) is 100 Å². The Morgan fingerprint density at radius 1 is 0.694 bits per heavy atom. The standard InChI is InChI=1S/C55H66N4O10SSi2/c1-37-34-59(53(64)57-50(37)62)48-33-45(69-72(55(6,7)8,41-25-17-11-18-26-41)42-27-19-12-20-28-42)44(67-48)30-32-70-36-43-46(68-51(49(43)66-38(2)60)58-31-29-47(61)56-52(58)63)35-65-71(54(3,4)5,39-21-13-9-14-22-39)40-23-15-10-16-24-40/h9-29,31,34,43-46,48-49,51H,30,32-33,35-36H2,1-8H3,(H,56,61,63)(H,57,62,64)/t43-,44-,45+,46-,48-,49-,51-/m1/s1. The minimum absolute atomic E-state index is 0.111. The zero-order chi connectivity index (χ0) is 51.4. The maximum atomic E-state index is 13.5. The quantitative estimate of drug-likeness (QED) is 0.0646. The summed E-state index contributed by atoms with van der Waals surface area (Å²) in [6, 6.07) is 42.5. The van der Waals surface area contributed by atoms with Gasteiger partial charge in [0.05, 0.1) is 24.9 Å². The van der Waals surface area contributed by atoms with Crippen LogP contribution in [0.5, 0.6) is 0 Å². The number of thioether (sulfide) groups is 1. The van der Waals surface area contributed by atoms with Crippen molar-refractivity contribution in [3.63, 3.8) is 0 Å². The van der Waals surface area contributed by atoms with Gasteiger partial charge < -0.3 is 23.1 Å². The van der Waals surface area contributed by atoms with Crippen LogP contribution in [0.1, 0.15) is 79.3 Å². The van der Waals surface area contributed by atoms with Gasteiger partial charge in [-0.1, -0.05) is 163 Å². The van der Waals surface area contributed by atoms with E-state index < -0.39 is 87.9 Å². The number of carbonyl (C=O) groups is 1. The fourth-order valence-corrected chi connectivity index (χ4v) is 21.2. The van der Waals surface area contributed by atoms with Crippen LogP contribution in [0.15, 0.2) is 159 Å². The van der Waals surface area contributed by atoms with Gasteiger partial charge >= 0.3 is 17.3 Å². The Morgan fingerprint density at radius 3 is 1.71 bits per heavy atom. The number of aryl methyl sites for hydroxylation is 1. The smallest absolute Gasteiger partial charge is 0.330 e. The van der Waals surface area contributed by atoms with Crippen LogP contribution in [0.2, 0.25) is 10.1 Å². The molecule has 0 bridgehead atoms. The highest BCUT2D eigenvalue weighted by molar-refractivity contribution is 7.99. The highest BCUT2D eigenvalue weighted by Crippen LogP contribution is 2.44. The molecule has 14 nitrogen and oxygen atoms in total. The summed E-state index contributed by atoms with van der Waals surface area (Å²) >= 11 is 1.63. The van der Waals surface area contributed by atoms with Gasteiger partial charge in [0, 0.05) is 49.0 Å². The lowest BCUT2D eigenvalue weighted by Gasteiger charge is -2.45. The number of aromatic nitrogens is 4. The number of nitrogens with one attached hydrogen (secondary N) is 2. The molecule has 2 N–H and O–H groups in total. The Kier molecular flexibility index (Phi) is 16.0. The van der Waals surface area contributed by atoms with Crippen LogP contribution < -0.4 is 43.2 Å². The molecule has 0 amide bonds.